The first kappa shape index (κ1) is 13.0. The molecule has 19 heavy (non-hydrogen) atoms. The molecule has 2 N–H and O–H groups in total. The molecule has 1 aromatic carbocycles. The zero-order valence-electron chi connectivity index (χ0n) is 9.93. The number of carbonyl (C=O) groups is 1. The number of nitrogens with zero attached hydrogens (tertiary/aromatic N) is 2. The summed E-state index contributed by atoms with van der Waals surface area (Å²) in [4.78, 5) is 19.4. The molecule has 96 valence electrons. The van der Waals surface area contributed by atoms with E-state index in [1.165, 1.54) is 18.6 Å². The third-order valence-corrected chi connectivity index (χ3v) is 2.57. The molecule has 1 aromatic heterocycles. The number of amides is 1. The molecule has 0 fully saturated rings. The summed E-state index contributed by atoms with van der Waals surface area (Å²) >= 11 is 5.79. The molecule has 0 radical (unpaired) electrons. The number of hydrazine groups is 1. The van der Waals surface area contributed by atoms with Crippen LogP contribution in [0.25, 0.3) is 5.70 Å². The molecule has 0 aliphatic heterocycles. The predicted octanol–water partition coefficient (Wildman–Crippen LogP) is 2.04. The minimum absolute atomic E-state index is 0.221. The van der Waals surface area contributed by atoms with Gasteiger partial charge in [0.15, 0.2) is 0 Å². The van der Waals surface area contributed by atoms with E-state index in [1.54, 1.807) is 24.3 Å². The van der Waals surface area contributed by atoms with Crippen molar-refractivity contribution < 1.29 is 4.79 Å². The molecule has 1 heterocycles. The Morgan fingerprint density at radius 1 is 1.16 bits per heavy atom. The first-order chi connectivity index (χ1) is 9.16. The van der Waals surface area contributed by atoms with E-state index in [2.05, 4.69) is 27.4 Å². The van der Waals surface area contributed by atoms with Crippen molar-refractivity contribution in [1.29, 1.82) is 0 Å². The lowest BCUT2D eigenvalue weighted by atomic mass is 10.2. The largest absolute Gasteiger partial charge is 0.298 e. The molecule has 2 rings (SSSR count). The first-order valence-corrected chi connectivity index (χ1v) is 5.82. The number of halogens is 1. The van der Waals surface area contributed by atoms with Crippen molar-refractivity contribution in [2.45, 2.75) is 0 Å². The average molecular weight is 275 g/mol. The van der Waals surface area contributed by atoms with Crippen LogP contribution in [-0.4, -0.2) is 15.9 Å². The Bertz CT molecular complexity index is 583. The van der Waals surface area contributed by atoms with Crippen LogP contribution >= 0.6 is 11.6 Å². The molecular weight excluding hydrogens is 264 g/mol. The molecule has 0 unspecified atom stereocenters. The van der Waals surface area contributed by atoms with Crippen molar-refractivity contribution in [3.05, 3.63) is 65.7 Å². The van der Waals surface area contributed by atoms with Gasteiger partial charge in [0.1, 0.15) is 5.69 Å². The maximum absolute atomic E-state index is 11.7. The second kappa shape index (κ2) is 5.97. The Morgan fingerprint density at radius 2 is 1.89 bits per heavy atom. The van der Waals surface area contributed by atoms with E-state index in [1.807, 2.05) is 0 Å². The van der Waals surface area contributed by atoms with Gasteiger partial charge in [0.25, 0.3) is 5.91 Å². The lowest BCUT2D eigenvalue weighted by Crippen LogP contribution is -2.36. The summed E-state index contributed by atoms with van der Waals surface area (Å²) in [5, 5.41) is 0.639. The lowest BCUT2D eigenvalue weighted by Gasteiger charge is -2.10. The van der Waals surface area contributed by atoms with Gasteiger partial charge < -0.3 is 0 Å². The highest BCUT2D eigenvalue weighted by atomic mass is 35.5. The number of nitrogens with one attached hydrogen (secondary N) is 2. The third kappa shape index (κ3) is 3.53. The molecule has 0 aliphatic carbocycles. The van der Waals surface area contributed by atoms with Gasteiger partial charge in [0, 0.05) is 17.4 Å². The van der Waals surface area contributed by atoms with Gasteiger partial charge >= 0.3 is 0 Å². The molecule has 0 spiro atoms. The third-order valence-electron chi connectivity index (χ3n) is 2.32. The van der Waals surface area contributed by atoms with E-state index in [-0.39, 0.29) is 11.6 Å². The normalized spacial score (nSPS) is 9.74. The van der Waals surface area contributed by atoms with Crippen LogP contribution in [0.2, 0.25) is 5.02 Å². The zero-order valence-corrected chi connectivity index (χ0v) is 10.7. The average Bonchev–Trinajstić information content (AvgIpc) is 2.46. The fourth-order valence-corrected chi connectivity index (χ4v) is 1.46. The highest BCUT2D eigenvalue weighted by Crippen LogP contribution is 2.13. The van der Waals surface area contributed by atoms with E-state index in [0.717, 1.165) is 5.56 Å². The number of aromatic nitrogens is 2. The van der Waals surface area contributed by atoms with E-state index < -0.39 is 0 Å². The van der Waals surface area contributed by atoms with Crippen molar-refractivity contribution >= 4 is 23.2 Å². The summed E-state index contributed by atoms with van der Waals surface area (Å²) < 4.78 is 0. The van der Waals surface area contributed by atoms with Crippen LogP contribution in [0.4, 0.5) is 0 Å². The molecule has 6 heteroatoms. The standard InChI is InChI=1S/C13H11ClN4O/c1-9(10-2-4-11(14)5-3-10)17-18-13(19)12-8-15-6-7-16-12/h2-8,17H,1H2,(H,18,19). The zero-order chi connectivity index (χ0) is 13.7. The molecular formula is C13H11ClN4O. The summed E-state index contributed by atoms with van der Waals surface area (Å²) in [7, 11) is 0. The van der Waals surface area contributed by atoms with Gasteiger partial charge in [0.2, 0.25) is 0 Å². The van der Waals surface area contributed by atoms with Crippen molar-refractivity contribution in [2.75, 3.05) is 0 Å². The van der Waals surface area contributed by atoms with Crippen LogP contribution < -0.4 is 10.9 Å². The SMILES string of the molecule is C=C(NNC(=O)c1cnccn1)c1ccc(Cl)cc1. The summed E-state index contributed by atoms with van der Waals surface area (Å²) in [6.45, 7) is 3.82. The van der Waals surface area contributed by atoms with E-state index in [9.17, 15) is 4.79 Å². The van der Waals surface area contributed by atoms with Crippen LogP contribution in [0.5, 0.6) is 0 Å². The Balaban J connectivity index is 1.94. The summed E-state index contributed by atoms with van der Waals surface area (Å²) in [6.07, 6.45) is 4.32. The molecule has 0 bridgehead atoms. The smallest absolute Gasteiger partial charge is 0.289 e. The van der Waals surface area contributed by atoms with Crippen LogP contribution in [-0.2, 0) is 0 Å². The fourth-order valence-electron chi connectivity index (χ4n) is 1.34. The molecule has 0 atom stereocenters. The highest BCUT2D eigenvalue weighted by Gasteiger charge is 2.06. The van der Waals surface area contributed by atoms with Crippen molar-refractivity contribution in [3.8, 4) is 0 Å². The second-order valence-corrected chi connectivity index (χ2v) is 4.09. The molecule has 5 nitrogen and oxygen atoms in total. The Labute approximate surface area is 115 Å². The molecule has 2 aromatic rings. The van der Waals surface area contributed by atoms with Crippen molar-refractivity contribution in [3.63, 3.8) is 0 Å². The number of hydrogen-bond acceptors (Lipinski definition) is 4. The minimum Gasteiger partial charge on any atom is -0.298 e. The number of hydrogen-bond donors (Lipinski definition) is 2. The topological polar surface area (TPSA) is 66.9 Å². The van der Waals surface area contributed by atoms with Gasteiger partial charge in [-0.15, -0.1) is 0 Å². The molecule has 0 aliphatic rings. The Hall–Kier alpha value is -2.40. The van der Waals surface area contributed by atoms with Gasteiger partial charge in [-0.05, 0) is 17.7 Å². The van der Waals surface area contributed by atoms with Gasteiger partial charge in [-0.25, -0.2) is 4.98 Å². The van der Waals surface area contributed by atoms with Gasteiger partial charge in [-0.3, -0.25) is 20.6 Å². The minimum atomic E-state index is -0.386. The fraction of sp³-hybridized carbons (Fsp3) is 0. The first-order valence-electron chi connectivity index (χ1n) is 5.44. The number of carbonyl (C=O) groups excluding carboxylic acids is 1. The van der Waals surface area contributed by atoms with Crippen LogP contribution in [0.1, 0.15) is 16.1 Å². The second-order valence-electron chi connectivity index (χ2n) is 3.66. The number of rotatable bonds is 4. The molecule has 0 saturated heterocycles. The summed E-state index contributed by atoms with van der Waals surface area (Å²) in [5.74, 6) is -0.386. The maximum Gasteiger partial charge on any atom is 0.289 e. The predicted molar refractivity (Wildman–Crippen MR) is 73.1 cm³/mol. The monoisotopic (exact) mass is 274 g/mol. The molecule has 0 saturated carbocycles. The number of benzene rings is 1. The van der Waals surface area contributed by atoms with Crippen LogP contribution in [0.15, 0.2) is 49.4 Å². The molecule has 1 amide bonds. The van der Waals surface area contributed by atoms with Crippen LogP contribution in [0.3, 0.4) is 0 Å². The maximum atomic E-state index is 11.7. The van der Waals surface area contributed by atoms with Gasteiger partial charge in [0.05, 0.1) is 11.9 Å². The van der Waals surface area contributed by atoms with Crippen molar-refractivity contribution in [1.82, 2.24) is 20.8 Å². The summed E-state index contributed by atoms with van der Waals surface area (Å²) in [6, 6.07) is 7.08. The van der Waals surface area contributed by atoms with E-state index >= 15 is 0 Å². The Kier molecular flexibility index (Phi) is 4.10. The highest BCUT2D eigenvalue weighted by molar-refractivity contribution is 6.30. The van der Waals surface area contributed by atoms with Crippen molar-refractivity contribution in [2.24, 2.45) is 0 Å². The summed E-state index contributed by atoms with van der Waals surface area (Å²) in [5.41, 5.74) is 6.79. The quantitative estimate of drug-likeness (QED) is 0.837. The van der Waals surface area contributed by atoms with Gasteiger partial charge in [-0.1, -0.05) is 30.3 Å². The Morgan fingerprint density at radius 3 is 2.53 bits per heavy atom. The van der Waals surface area contributed by atoms with Gasteiger partial charge in [-0.2, -0.15) is 0 Å². The lowest BCUT2D eigenvalue weighted by molar-refractivity contribution is 0.0937. The van der Waals surface area contributed by atoms with E-state index in [0.29, 0.717) is 10.7 Å². The van der Waals surface area contributed by atoms with Crippen LogP contribution in [0, 0.1) is 0 Å². The van der Waals surface area contributed by atoms with E-state index in [4.69, 9.17) is 11.6 Å².